The van der Waals surface area contributed by atoms with Crippen LogP contribution in [0.15, 0.2) is 0 Å². The Morgan fingerprint density at radius 1 is 1.67 bits per heavy atom. The molecule has 0 saturated carbocycles. The summed E-state index contributed by atoms with van der Waals surface area (Å²) in [6, 6.07) is 0. The fraction of sp³-hybridized carbons (Fsp3) is 1.00. The van der Waals surface area contributed by atoms with Gasteiger partial charge >= 0.3 is 0 Å². The predicted molar refractivity (Wildman–Crippen MR) is 36.2 cm³/mol. The third kappa shape index (κ3) is 1.23. The molecular weight excluding hydrogens is 117 g/mol. The molecule has 0 aromatic rings. The van der Waals surface area contributed by atoms with Crippen LogP contribution in [0, 0.1) is 5.41 Å². The average Bonchev–Trinajstić information content (AvgIpc) is 2.36. The van der Waals surface area contributed by atoms with Crippen LogP contribution < -0.4 is 5.32 Å². The van der Waals surface area contributed by atoms with Crippen LogP contribution in [-0.2, 0) is 0 Å². The molecule has 0 radical (unpaired) electrons. The summed E-state index contributed by atoms with van der Waals surface area (Å²) >= 11 is 0. The van der Waals surface area contributed by atoms with Crippen LogP contribution in [0.1, 0.15) is 19.8 Å². The van der Waals surface area contributed by atoms with Crippen molar-refractivity contribution in [1.82, 2.24) is 5.32 Å². The fourth-order valence-corrected chi connectivity index (χ4v) is 1.31. The van der Waals surface area contributed by atoms with E-state index in [0.29, 0.717) is 0 Å². The number of alkyl halides is 1. The molecule has 9 heavy (non-hydrogen) atoms. The molecule has 1 fully saturated rings. The van der Waals surface area contributed by atoms with Crippen molar-refractivity contribution >= 4 is 0 Å². The molecule has 0 spiro atoms. The third-order valence-corrected chi connectivity index (χ3v) is 2.37. The second-order valence-electron chi connectivity index (χ2n) is 2.91. The van der Waals surface area contributed by atoms with Crippen molar-refractivity contribution in [2.75, 3.05) is 19.8 Å². The molecule has 0 bridgehead atoms. The maximum absolute atomic E-state index is 12.3. The first kappa shape index (κ1) is 7.00. The van der Waals surface area contributed by atoms with Gasteiger partial charge in [0.1, 0.15) is 0 Å². The second kappa shape index (κ2) is 2.65. The molecule has 54 valence electrons. The zero-order valence-corrected chi connectivity index (χ0v) is 5.91. The summed E-state index contributed by atoms with van der Waals surface area (Å²) in [6.07, 6.45) is 1.98. The number of halogens is 1. The van der Waals surface area contributed by atoms with Crippen molar-refractivity contribution in [3.05, 3.63) is 0 Å². The lowest BCUT2D eigenvalue weighted by Crippen LogP contribution is -2.25. The van der Waals surface area contributed by atoms with Crippen LogP contribution >= 0.6 is 0 Å². The van der Waals surface area contributed by atoms with Crippen LogP contribution in [-0.4, -0.2) is 19.8 Å². The fourth-order valence-electron chi connectivity index (χ4n) is 1.31. The number of hydrogen-bond acceptors (Lipinski definition) is 1. The van der Waals surface area contributed by atoms with E-state index in [2.05, 4.69) is 12.2 Å². The van der Waals surface area contributed by atoms with E-state index in [-0.39, 0.29) is 12.1 Å². The monoisotopic (exact) mass is 131 g/mol. The summed E-state index contributed by atoms with van der Waals surface area (Å²) < 4.78 is 12.3. The zero-order chi connectivity index (χ0) is 6.74. The van der Waals surface area contributed by atoms with Gasteiger partial charge in [0.2, 0.25) is 0 Å². The largest absolute Gasteiger partial charge is 0.316 e. The molecule has 1 saturated heterocycles. The average molecular weight is 131 g/mol. The van der Waals surface area contributed by atoms with Gasteiger partial charge in [0, 0.05) is 12.0 Å². The van der Waals surface area contributed by atoms with Crippen LogP contribution in [0.3, 0.4) is 0 Å². The van der Waals surface area contributed by atoms with Gasteiger partial charge in [0.25, 0.3) is 0 Å². The molecule has 1 atom stereocenters. The highest BCUT2D eigenvalue weighted by atomic mass is 19.1. The molecule has 0 aliphatic carbocycles. The first-order valence-corrected chi connectivity index (χ1v) is 3.60. The molecule has 0 aromatic carbocycles. The molecule has 0 aromatic heterocycles. The Morgan fingerprint density at radius 2 is 2.44 bits per heavy atom. The van der Waals surface area contributed by atoms with Crippen LogP contribution in [0.25, 0.3) is 0 Å². The van der Waals surface area contributed by atoms with Gasteiger partial charge in [-0.3, -0.25) is 4.39 Å². The SMILES string of the molecule is CCC1(CF)CCNC1. The molecule has 1 rings (SSSR count). The topological polar surface area (TPSA) is 12.0 Å². The maximum Gasteiger partial charge on any atom is 0.0963 e. The van der Waals surface area contributed by atoms with E-state index in [9.17, 15) is 4.39 Å². The van der Waals surface area contributed by atoms with Gasteiger partial charge in [-0.05, 0) is 19.4 Å². The quantitative estimate of drug-likeness (QED) is 0.596. The van der Waals surface area contributed by atoms with Crippen molar-refractivity contribution in [3.8, 4) is 0 Å². The van der Waals surface area contributed by atoms with E-state index in [0.717, 1.165) is 25.9 Å². The maximum atomic E-state index is 12.3. The van der Waals surface area contributed by atoms with Crippen molar-refractivity contribution in [2.45, 2.75) is 19.8 Å². The summed E-state index contributed by atoms with van der Waals surface area (Å²) in [5.74, 6) is 0. The Bertz CT molecular complexity index is 80.9. The van der Waals surface area contributed by atoms with E-state index in [4.69, 9.17) is 0 Å². The molecule has 1 unspecified atom stereocenters. The second-order valence-corrected chi connectivity index (χ2v) is 2.91. The number of rotatable bonds is 2. The first-order chi connectivity index (χ1) is 4.33. The van der Waals surface area contributed by atoms with Crippen molar-refractivity contribution in [2.24, 2.45) is 5.41 Å². The Morgan fingerprint density at radius 3 is 2.67 bits per heavy atom. The molecular formula is C7H14FN. The highest BCUT2D eigenvalue weighted by Crippen LogP contribution is 2.29. The summed E-state index contributed by atoms with van der Waals surface area (Å²) in [6.45, 7) is 3.78. The van der Waals surface area contributed by atoms with Crippen LogP contribution in [0.4, 0.5) is 4.39 Å². The first-order valence-electron chi connectivity index (χ1n) is 3.60. The molecule has 1 heterocycles. The van der Waals surface area contributed by atoms with Crippen molar-refractivity contribution in [1.29, 1.82) is 0 Å². The minimum absolute atomic E-state index is 0.000000000000000222. The zero-order valence-electron chi connectivity index (χ0n) is 5.91. The van der Waals surface area contributed by atoms with Crippen LogP contribution in [0.2, 0.25) is 0 Å². The number of hydrogen-bond donors (Lipinski definition) is 1. The summed E-state index contributed by atoms with van der Waals surface area (Å²) in [7, 11) is 0. The van der Waals surface area contributed by atoms with Crippen molar-refractivity contribution in [3.63, 3.8) is 0 Å². The van der Waals surface area contributed by atoms with E-state index >= 15 is 0 Å². The Hall–Kier alpha value is -0.110. The smallest absolute Gasteiger partial charge is 0.0963 e. The molecule has 2 heteroatoms. The van der Waals surface area contributed by atoms with E-state index in [1.165, 1.54) is 0 Å². The summed E-state index contributed by atoms with van der Waals surface area (Å²) in [5.41, 5.74) is 0.000000000000000222. The van der Waals surface area contributed by atoms with E-state index < -0.39 is 0 Å². The predicted octanol–water partition coefficient (Wildman–Crippen LogP) is 1.35. The standard InChI is InChI=1S/C7H14FN/c1-2-7(5-8)3-4-9-6-7/h9H,2-6H2,1H3. The van der Waals surface area contributed by atoms with Gasteiger partial charge in [0.05, 0.1) is 6.67 Å². The van der Waals surface area contributed by atoms with Gasteiger partial charge < -0.3 is 5.32 Å². The van der Waals surface area contributed by atoms with Gasteiger partial charge in [-0.1, -0.05) is 6.92 Å². The highest BCUT2D eigenvalue weighted by Gasteiger charge is 2.31. The summed E-state index contributed by atoms with van der Waals surface area (Å²) in [4.78, 5) is 0. The minimum atomic E-state index is -0.156. The Balaban J connectivity index is 2.45. The van der Waals surface area contributed by atoms with Gasteiger partial charge in [-0.15, -0.1) is 0 Å². The number of nitrogens with one attached hydrogen (secondary N) is 1. The lowest BCUT2D eigenvalue weighted by molar-refractivity contribution is 0.222. The van der Waals surface area contributed by atoms with Gasteiger partial charge in [-0.2, -0.15) is 0 Å². The van der Waals surface area contributed by atoms with Gasteiger partial charge in [-0.25, -0.2) is 0 Å². The highest BCUT2D eigenvalue weighted by molar-refractivity contribution is 4.85. The minimum Gasteiger partial charge on any atom is -0.316 e. The van der Waals surface area contributed by atoms with Crippen LogP contribution in [0.5, 0.6) is 0 Å². The molecule has 1 aliphatic heterocycles. The third-order valence-electron chi connectivity index (χ3n) is 2.37. The van der Waals surface area contributed by atoms with E-state index in [1.807, 2.05) is 0 Å². The molecule has 1 N–H and O–H groups in total. The Labute approximate surface area is 55.6 Å². The molecule has 1 nitrogen and oxygen atoms in total. The normalized spacial score (nSPS) is 35.3. The molecule has 1 aliphatic rings. The lowest BCUT2D eigenvalue weighted by Gasteiger charge is -2.21. The Kier molecular flexibility index (Phi) is 2.06. The van der Waals surface area contributed by atoms with Crippen molar-refractivity contribution < 1.29 is 4.39 Å². The molecule has 0 amide bonds. The lowest BCUT2D eigenvalue weighted by atomic mass is 9.86. The van der Waals surface area contributed by atoms with E-state index in [1.54, 1.807) is 0 Å². The summed E-state index contributed by atoms with van der Waals surface area (Å²) in [5, 5.41) is 3.18. The van der Waals surface area contributed by atoms with Gasteiger partial charge in [0.15, 0.2) is 0 Å².